The lowest BCUT2D eigenvalue weighted by Crippen LogP contribution is -2.37. The van der Waals surface area contributed by atoms with Crippen LogP contribution in [0.4, 0.5) is 0 Å². The normalized spacial score (nSPS) is 16.0. The molecule has 0 saturated heterocycles. The molecule has 2 amide bonds. The van der Waals surface area contributed by atoms with E-state index in [4.69, 9.17) is 17.5 Å². The largest absolute Gasteiger partial charge is 0.501 e. The zero-order chi connectivity index (χ0) is 13.7. The Morgan fingerprint density at radius 2 is 2.11 bits per heavy atom. The highest BCUT2D eigenvalue weighted by atomic mass is 16.3. The molecule has 0 spiro atoms. The van der Waals surface area contributed by atoms with E-state index in [0.29, 0.717) is 18.7 Å². The molecule has 1 heterocycles. The maximum Gasteiger partial charge on any atom is 0.295 e. The minimum absolute atomic E-state index is 0.209. The number of hydrazone groups is 1. The molecule has 0 aromatic rings. The molecule has 0 atom stereocenters. The number of aliphatic hydroxyl groups excluding tert-OH is 1. The standard InChI is InChI=1S/C8H15N7O3/c9-13-4(14-10)2-1-3-15(11)5-6(16)8(18)12-7(5)17/h1-3,9-11H2,(H,13,14)(H2,12,16,17,18). The van der Waals surface area contributed by atoms with Crippen LogP contribution >= 0.6 is 0 Å². The maximum atomic E-state index is 11.3. The van der Waals surface area contributed by atoms with Crippen LogP contribution in [0.25, 0.3) is 0 Å². The Balaban J connectivity index is 2.54. The first-order valence-electron chi connectivity index (χ1n) is 5.05. The number of imide groups is 1. The second kappa shape index (κ2) is 5.84. The predicted octanol–water partition coefficient (Wildman–Crippen LogP) is -2.90. The number of carbonyl (C=O) groups excluding carboxylic acids is 2. The van der Waals surface area contributed by atoms with Crippen molar-refractivity contribution in [3.8, 4) is 0 Å². The van der Waals surface area contributed by atoms with Gasteiger partial charge in [0, 0.05) is 13.0 Å². The zero-order valence-electron chi connectivity index (χ0n) is 9.51. The molecule has 9 N–H and O–H groups in total. The molecule has 18 heavy (non-hydrogen) atoms. The van der Waals surface area contributed by atoms with Crippen molar-refractivity contribution in [3.05, 3.63) is 11.5 Å². The molecule has 0 bridgehead atoms. The Hall–Kier alpha value is -2.33. The molecule has 0 radical (unpaired) electrons. The summed E-state index contributed by atoms with van der Waals surface area (Å²) < 4.78 is 0. The van der Waals surface area contributed by atoms with Gasteiger partial charge in [-0.25, -0.2) is 11.7 Å². The lowest BCUT2D eigenvalue weighted by atomic mass is 10.2. The Labute approximate surface area is 102 Å². The number of aliphatic hydroxyl groups is 1. The predicted molar refractivity (Wildman–Crippen MR) is 61.9 cm³/mol. The highest BCUT2D eigenvalue weighted by molar-refractivity contribution is 6.17. The van der Waals surface area contributed by atoms with E-state index in [1.807, 2.05) is 5.32 Å². The summed E-state index contributed by atoms with van der Waals surface area (Å²) in [5.74, 6) is 13.8. The summed E-state index contributed by atoms with van der Waals surface area (Å²) in [6, 6.07) is 0. The lowest BCUT2D eigenvalue weighted by molar-refractivity contribution is -0.125. The number of amidine groups is 1. The van der Waals surface area contributed by atoms with Gasteiger partial charge in [0.2, 0.25) is 5.76 Å². The van der Waals surface area contributed by atoms with Crippen molar-refractivity contribution in [2.45, 2.75) is 12.8 Å². The summed E-state index contributed by atoms with van der Waals surface area (Å²) in [5.41, 5.74) is 2.03. The Morgan fingerprint density at radius 3 is 2.56 bits per heavy atom. The van der Waals surface area contributed by atoms with Gasteiger partial charge in [-0.3, -0.25) is 14.9 Å². The van der Waals surface area contributed by atoms with E-state index in [9.17, 15) is 14.7 Å². The molecule has 0 aromatic heterocycles. The van der Waals surface area contributed by atoms with E-state index in [0.717, 1.165) is 5.01 Å². The highest BCUT2D eigenvalue weighted by Crippen LogP contribution is 2.12. The van der Waals surface area contributed by atoms with Gasteiger partial charge in [0.05, 0.1) is 0 Å². The molecule has 0 fully saturated rings. The SMILES string of the molecule is N/N=C(/CCCN(N)C1=C(O)C(=O)NC1=O)NN. The average molecular weight is 257 g/mol. The van der Waals surface area contributed by atoms with Gasteiger partial charge in [-0.1, -0.05) is 0 Å². The summed E-state index contributed by atoms with van der Waals surface area (Å²) in [7, 11) is 0. The molecule has 10 heteroatoms. The summed E-state index contributed by atoms with van der Waals surface area (Å²) in [5, 5.41) is 15.6. The number of rotatable bonds is 5. The van der Waals surface area contributed by atoms with Crippen molar-refractivity contribution in [2.24, 2.45) is 22.6 Å². The number of hydrogen-bond acceptors (Lipinski definition) is 8. The van der Waals surface area contributed by atoms with Crippen LogP contribution in [0, 0.1) is 0 Å². The number of amides is 2. The molecule has 0 aromatic carbocycles. The van der Waals surface area contributed by atoms with Crippen molar-refractivity contribution in [3.63, 3.8) is 0 Å². The second-order valence-electron chi connectivity index (χ2n) is 3.50. The van der Waals surface area contributed by atoms with E-state index in [2.05, 4.69) is 10.5 Å². The van der Waals surface area contributed by atoms with Gasteiger partial charge in [0.15, 0.2) is 5.70 Å². The maximum absolute atomic E-state index is 11.3. The van der Waals surface area contributed by atoms with Crippen molar-refractivity contribution in [2.75, 3.05) is 6.54 Å². The number of nitrogens with two attached hydrogens (primary N) is 3. The third kappa shape index (κ3) is 2.87. The number of hydrogen-bond donors (Lipinski definition) is 6. The highest BCUT2D eigenvalue weighted by Gasteiger charge is 2.32. The van der Waals surface area contributed by atoms with Gasteiger partial charge in [0.25, 0.3) is 11.8 Å². The monoisotopic (exact) mass is 257 g/mol. The second-order valence-corrected chi connectivity index (χ2v) is 3.50. The van der Waals surface area contributed by atoms with Gasteiger partial charge < -0.3 is 21.4 Å². The van der Waals surface area contributed by atoms with Crippen LogP contribution in [0.5, 0.6) is 0 Å². The molecule has 1 aliphatic heterocycles. The van der Waals surface area contributed by atoms with Crippen LogP contribution in [-0.4, -0.2) is 34.3 Å². The van der Waals surface area contributed by atoms with Crippen molar-refractivity contribution < 1.29 is 14.7 Å². The molecule has 0 aliphatic carbocycles. The van der Waals surface area contributed by atoms with E-state index < -0.39 is 17.6 Å². The Bertz CT molecular complexity index is 417. The van der Waals surface area contributed by atoms with Crippen LogP contribution in [0.3, 0.4) is 0 Å². The minimum Gasteiger partial charge on any atom is -0.501 e. The van der Waals surface area contributed by atoms with Crippen molar-refractivity contribution >= 4 is 17.6 Å². The van der Waals surface area contributed by atoms with E-state index in [1.54, 1.807) is 0 Å². The molecule has 0 saturated carbocycles. The number of nitrogens with one attached hydrogen (secondary N) is 2. The molecular weight excluding hydrogens is 242 g/mol. The number of hydrazine groups is 2. The molecular formula is C8H15N7O3. The van der Waals surface area contributed by atoms with E-state index in [-0.39, 0.29) is 12.2 Å². The van der Waals surface area contributed by atoms with Gasteiger partial charge in [-0.15, -0.1) is 0 Å². The zero-order valence-corrected chi connectivity index (χ0v) is 9.51. The van der Waals surface area contributed by atoms with Gasteiger partial charge in [0.1, 0.15) is 5.84 Å². The quantitative estimate of drug-likeness (QED) is 0.1000. The first-order chi connectivity index (χ1) is 8.51. The third-order valence-electron chi connectivity index (χ3n) is 2.30. The van der Waals surface area contributed by atoms with E-state index in [1.165, 1.54) is 0 Å². The van der Waals surface area contributed by atoms with Gasteiger partial charge in [-0.05, 0) is 6.42 Å². The van der Waals surface area contributed by atoms with Crippen LogP contribution in [0.2, 0.25) is 0 Å². The molecule has 0 unspecified atom stereocenters. The first kappa shape index (κ1) is 13.7. The fourth-order valence-corrected chi connectivity index (χ4v) is 1.41. The minimum atomic E-state index is -0.863. The topological polar surface area (TPSA) is 172 Å². The Kier molecular flexibility index (Phi) is 4.45. The molecule has 10 nitrogen and oxygen atoms in total. The Morgan fingerprint density at radius 1 is 1.44 bits per heavy atom. The average Bonchev–Trinajstić information content (AvgIpc) is 2.59. The molecule has 100 valence electrons. The van der Waals surface area contributed by atoms with Crippen molar-refractivity contribution in [1.82, 2.24) is 15.8 Å². The van der Waals surface area contributed by atoms with E-state index >= 15 is 0 Å². The van der Waals surface area contributed by atoms with Crippen LogP contribution in [-0.2, 0) is 9.59 Å². The summed E-state index contributed by atoms with van der Waals surface area (Å²) in [6.07, 6.45) is 0.874. The molecule has 1 aliphatic rings. The summed E-state index contributed by atoms with van der Waals surface area (Å²) >= 11 is 0. The van der Waals surface area contributed by atoms with Crippen LogP contribution in [0.1, 0.15) is 12.8 Å². The third-order valence-corrected chi connectivity index (χ3v) is 2.30. The van der Waals surface area contributed by atoms with Gasteiger partial charge >= 0.3 is 0 Å². The summed E-state index contributed by atoms with van der Waals surface area (Å²) in [6.45, 7) is 0.209. The fourth-order valence-electron chi connectivity index (χ4n) is 1.41. The molecule has 1 rings (SSSR count). The summed E-state index contributed by atoms with van der Waals surface area (Å²) in [4.78, 5) is 22.3. The van der Waals surface area contributed by atoms with Crippen LogP contribution in [0.15, 0.2) is 16.6 Å². The smallest absolute Gasteiger partial charge is 0.295 e. The first-order valence-corrected chi connectivity index (χ1v) is 5.05. The fraction of sp³-hybridized carbons (Fsp3) is 0.375. The lowest BCUT2D eigenvalue weighted by Gasteiger charge is -2.17. The number of carbonyl (C=O) groups is 2. The van der Waals surface area contributed by atoms with Crippen LogP contribution < -0.4 is 28.3 Å². The van der Waals surface area contributed by atoms with Crippen molar-refractivity contribution in [1.29, 1.82) is 0 Å². The van der Waals surface area contributed by atoms with Gasteiger partial charge in [-0.2, -0.15) is 5.10 Å². The number of nitrogens with zero attached hydrogens (tertiary/aromatic N) is 2.